The van der Waals surface area contributed by atoms with Gasteiger partial charge in [-0.1, -0.05) is 69.0 Å². The molecule has 2 aromatic carbocycles. The topological polar surface area (TPSA) is 15.7 Å². The van der Waals surface area contributed by atoms with E-state index >= 15 is 0 Å². The molecule has 1 aliphatic heterocycles. The monoisotopic (exact) mass is 392 g/mol. The maximum Gasteiger partial charge on any atom is 0.0881 e. The second-order valence-corrected chi connectivity index (χ2v) is 7.74. The van der Waals surface area contributed by atoms with Crippen molar-refractivity contribution in [1.82, 2.24) is 4.90 Å². The molecule has 156 valence electrons. The third-order valence-electron chi connectivity index (χ3n) is 5.63. The lowest BCUT2D eigenvalue weighted by molar-refractivity contribution is -0.0229. The van der Waals surface area contributed by atoms with Crippen molar-refractivity contribution in [2.75, 3.05) is 37.7 Å². The minimum Gasteiger partial charge on any atom is -0.374 e. The maximum atomic E-state index is 6.14. The van der Waals surface area contributed by atoms with Crippen LogP contribution in [0.4, 0.5) is 5.69 Å². The summed E-state index contributed by atoms with van der Waals surface area (Å²) in [5.74, 6) is 0.656. The molecule has 29 heavy (non-hydrogen) atoms. The van der Waals surface area contributed by atoms with Crippen LogP contribution in [0.2, 0.25) is 0 Å². The molecule has 1 heterocycles. The van der Waals surface area contributed by atoms with E-state index in [0.717, 1.165) is 39.2 Å². The zero-order valence-corrected chi connectivity index (χ0v) is 18.1. The number of para-hydroxylation sites is 1. The highest BCUT2D eigenvalue weighted by Gasteiger charge is 2.31. The van der Waals surface area contributed by atoms with Crippen molar-refractivity contribution in [3.05, 3.63) is 78.5 Å². The maximum absolute atomic E-state index is 6.14. The van der Waals surface area contributed by atoms with Crippen LogP contribution in [0, 0.1) is 5.92 Å². The Morgan fingerprint density at radius 1 is 1.03 bits per heavy atom. The summed E-state index contributed by atoms with van der Waals surface area (Å²) >= 11 is 0. The third-order valence-corrected chi connectivity index (χ3v) is 5.63. The highest BCUT2D eigenvalue weighted by Crippen LogP contribution is 2.39. The molecule has 1 unspecified atom stereocenters. The summed E-state index contributed by atoms with van der Waals surface area (Å²) < 4.78 is 6.14. The largest absolute Gasteiger partial charge is 0.374 e. The Balaban J connectivity index is 0.00000117. The van der Waals surface area contributed by atoms with E-state index < -0.39 is 0 Å². The Labute approximate surface area is 177 Å². The zero-order chi connectivity index (χ0) is 20.5. The summed E-state index contributed by atoms with van der Waals surface area (Å²) in [5.41, 5.74) is 3.90. The van der Waals surface area contributed by atoms with Crippen LogP contribution >= 0.6 is 0 Å². The predicted octanol–water partition coefficient (Wildman–Crippen LogP) is 5.39. The Hall–Kier alpha value is -2.10. The van der Waals surface area contributed by atoms with Gasteiger partial charge in [0.15, 0.2) is 0 Å². The summed E-state index contributed by atoms with van der Waals surface area (Å²) in [4.78, 5) is 4.94. The third kappa shape index (κ3) is 6.45. The second-order valence-electron chi connectivity index (χ2n) is 7.74. The van der Waals surface area contributed by atoms with E-state index in [0.29, 0.717) is 5.92 Å². The van der Waals surface area contributed by atoms with Gasteiger partial charge in [-0.05, 0) is 42.9 Å². The molecule has 3 heteroatoms. The fourth-order valence-electron chi connectivity index (χ4n) is 3.86. The van der Waals surface area contributed by atoms with Gasteiger partial charge in [0, 0.05) is 31.0 Å². The van der Waals surface area contributed by atoms with Crippen molar-refractivity contribution in [2.24, 2.45) is 5.92 Å². The van der Waals surface area contributed by atoms with Gasteiger partial charge in [-0.25, -0.2) is 0 Å². The average Bonchev–Trinajstić information content (AvgIpc) is 3.64. The first kappa shape index (κ1) is 21.6. The first-order chi connectivity index (χ1) is 14.3. The summed E-state index contributed by atoms with van der Waals surface area (Å²) in [6.45, 7) is 13.2. The lowest BCUT2D eigenvalue weighted by Gasteiger charge is -2.37. The number of hydrogen-bond donors (Lipinski definition) is 0. The van der Waals surface area contributed by atoms with Gasteiger partial charge in [0.2, 0.25) is 0 Å². The summed E-state index contributed by atoms with van der Waals surface area (Å²) in [7, 11) is 0. The van der Waals surface area contributed by atoms with Crippen LogP contribution in [-0.2, 0) is 11.2 Å². The van der Waals surface area contributed by atoms with E-state index in [1.165, 1.54) is 29.8 Å². The smallest absolute Gasteiger partial charge is 0.0881 e. The van der Waals surface area contributed by atoms with E-state index in [-0.39, 0.29) is 6.10 Å². The molecule has 0 radical (unpaired) electrons. The average molecular weight is 393 g/mol. The van der Waals surface area contributed by atoms with Gasteiger partial charge in [0.1, 0.15) is 0 Å². The van der Waals surface area contributed by atoms with Gasteiger partial charge in [0.25, 0.3) is 0 Å². The van der Waals surface area contributed by atoms with Crippen LogP contribution < -0.4 is 4.90 Å². The number of benzene rings is 2. The van der Waals surface area contributed by atoms with E-state index in [1.807, 2.05) is 13.8 Å². The quantitative estimate of drug-likeness (QED) is 0.599. The minimum absolute atomic E-state index is 0.227. The molecular weight excluding hydrogens is 356 g/mol. The van der Waals surface area contributed by atoms with Crippen LogP contribution in [0.5, 0.6) is 0 Å². The van der Waals surface area contributed by atoms with E-state index in [1.54, 1.807) is 0 Å². The van der Waals surface area contributed by atoms with Crippen molar-refractivity contribution in [3.8, 4) is 0 Å². The van der Waals surface area contributed by atoms with Crippen LogP contribution in [0.15, 0.2) is 72.9 Å². The van der Waals surface area contributed by atoms with Gasteiger partial charge in [0.05, 0.1) is 19.3 Å². The lowest BCUT2D eigenvalue weighted by Crippen LogP contribution is -2.48. The number of ether oxygens (including phenoxy) is 1. The normalized spacial score (nSPS) is 19.2. The van der Waals surface area contributed by atoms with Crippen LogP contribution in [0.1, 0.15) is 32.3 Å². The van der Waals surface area contributed by atoms with Gasteiger partial charge in [-0.2, -0.15) is 0 Å². The molecule has 3 nitrogen and oxygen atoms in total. The molecule has 0 spiro atoms. The molecule has 0 amide bonds. The summed E-state index contributed by atoms with van der Waals surface area (Å²) in [6.07, 6.45) is 3.88. The standard InChI is InChI=1S/C24H30N2O.C2H6/c1-20(22-12-13-22)26(23-10-6-3-7-11-23)19-24-18-25(16-17-27-24)15-14-21-8-4-2-5-9-21;1-2/h2-11,22,24H,1,12-19H2;1-2H3. The Kier molecular flexibility index (Phi) is 8.33. The first-order valence-electron chi connectivity index (χ1n) is 11.2. The molecular formula is C26H36N2O. The molecule has 4 rings (SSSR count). The number of anilines is 1. The zero-order valence-electron chi connectivity index (χ0n) is 18.1. The molecule has 0 N–H and O–H groups in total. The summed E-state index contributed by atoms with van der Waals surface area (Å²) in [6, 6.07) is 21.4. The number of rotatable bonds is 8. The molecule has 0 bridgehead atoms. The van der Waals surface area contributed by atoms with Crippen LogP contribution in [0.25, 0.3) is 0 Å². The molecule has 1 saturated heterocycles. The fourth-order valence-corrected chi connectivity index (χ4v) is 3.86. The number of nitrogens with zero attached hydrogens (tertiary/aromatic N) is 2. The number of allylic oxidation sites excluding steroid dienone is 1. The fraction of sp³-hybridized carbons (Fsp3) is 0.462. The Bertz CT molecular complexity index is 727. The SMILES string of the molecule is C=C(C1CC1)N(CC1CN(CCc2ccccc2)CCO1)c1ccccc1.CC. The van der Waals surface area contributed by atoms with E-state index in [4.69, 9.17) is 4.74 Å². The van der Waals surface area contributed by atoms with Gasteiger partial charge >= 0.3 is 0 Å². The van der Waals surface area contributed by atoms with E-state index in [9.17, 15) is 0 Å². The second kappa shape index (κ2) is 11.2. The lowest BCUT2D eigenvalue weighted by atomic mass is 10.1. The first-order valence-corrected chi connectivity index (χ1v) is 11.2. The van der Waals surface area contributed by atoms with Crippen molar-refractivity contribution < 1.29 is 4.74 Å². The molecule has 1 atom stereocenters. The predicted molar refractivity (Wildman–Crippen MR) is 123 cm³/mol. The highest BCUT2D eigenvalue weighted by molar-refractivity contribution is 5.52. The van der Waals surface area contributed by atoms with Crippen molar-refractivity contribution in [2.45, 2.75) is 39.2 Å². The molecule has 1 saturated carbocycles. The van der Waals surface area contributed by atoms with Crippen molar-refractivity contribution >= 4 is 5.69 Å². The number of hydrogen-bond acceptors (Lipinski definition) is 3. The highest BCUT2D eigenvalue weighted by atomic mass is 16.5. The molecule has 1 aliphatic carbocycles. The van der Waals surface area contributed by atoms with Gasteiger partial charge < -0.3 is 9.64 Å². The Morgan fingerprint density at radius 2 is 1.69 bits per heavy atom. The van der Waals surface area contributed by atoms with Crippen molar-refractivity contribution in [3.63, 3.8) is 0 Å². The van der Waals surface area contributed by atoms with Crippen molar-refractivity contribution in [1.29, 1.82) is 0 Å². The minimum atomic E-state index is 0.227. The van der Waals surface area contributed by atoms with E-state index in [2.05, 4.69) is 77.0 Å². The summed E-state index contributed by atoms with van der Waals surface area (Å²) in [5, 5.41) is 0. The molecule has 2 aliphatic rings. The van der Waals surface area contributed by atoms with Gasteiger partial charge in [-0.3, -0.25) is 4.90 Å². The van der Waals surface area contributed by atoms with Gasteiger partial charge in [-0.15, -0.1) is 0 Å². The Morgan fingerprint density at radius 3 is 2.34 bits per heavy atom. The molecule has 2 aromatic rings. The molecule has 2 fully saturated rings. The van der Waals surface area contributed by atoms with Crippen LogP contribution in [-0.4, -0.2) is 43.8 Å². The number of morpholine rings is 1. The van der Waals surface area contributed by atoms with Crippen LogP contribution in [0.3, 0.4) is 0 Å². The molecule has 0 aromatic heterocycles.